The maximum Gasteiger partial charge on any atom is 0.234 e. The number of benzene rings is 1. The van der Waals surface area contributed by atoms with E-state index < -0.39 is 0 Å². The molecular formula is C19H25NO. The minimum absolute atomic E-state index is 0.0951. The summed E-state index contributed by atoms with van der Waals surface area (Å²) in [6, 6.07) is 6.16. The third-order valence-electron chi connectivity index (χ3n) is 5.96. The van der Waals surface area contributed by atoms with Crippen molar-refractivity contribution in [2.24, 2.45) is 16.7 Å². The number of anilines is 1. The van der Waals surface area contributed by atoms with Gasteiger partial charge < -0.3 is 5.32 Å². The summed E-state index contributed by atoms with van der Waals surface area (Å²) >= 11 is 0. The average molecular weight is 283 g/mol. The molecule has 1 aromatic carbocycles. The van der Waals surface area contributed by atoms with Crippen LogP contribution in [-0.4, -0.2) is 5.91 Å². The molecule has 2 unspecified atom stereocenters. The second-order valence-corrected chi connectivity index (χ2v) is 7.49. The first kappa shape index (κ1) is 14.4. The highest BCUT2D eigenvalue weighted by Crippen LogP contribution is 2.65. The second-order valence-electron chi connectivity index (χ2n) is 7.49. The Morgan fingerprint density at radius 1 is 1.33 bits per heavy atom. The quantitative estimate of drug-likeness (QED) is 0.788. The van der Waals surface area contributed by atoms with E-state index >= 15 is 0 Å². The molecule has 0 heterocycles. The van der Waals surface area contributed by atoms with Gasteiger partial charge in [0.25, 0.3) is 0 Å². The third-order valence-corrected chi connectivity index (χ3v) is 5.96. The minimum atomic E-state index is -0.342. The molecule has 21 heavy (non-hydrogen) atoms. The van der Waals surface area contributed by atoms with Crippen LogP contribution in [0.3, 0.4) is 0 Å². The fourth-order valence-electron chi connectivity index (χ4n) is 4.34. The van der Waals surface area contributed by atoms with Gasteiger partial charge in [-0.2, -0.15) is 0 Å². The maximum atomic E-state index is 13.0. The first-order chi connectivity index (χ1) is 9.77. The fourth-order valence-corrected chi connectivity index (χ4v) is 4.34. The minimum Gasteiger partial charge on any atom is -0.325 e. The largest absolute Gasteiger partial charge is 0.325 e. The van der Waals surface area contributed by atoms with Crippen LogP contribution in [0.1, 0.15) is 44.2 Å². The van der Waals surface area contributed by atoms with Crippen molar-refractivity contribution in [1.82, 2.24) is 0 Å². The van der Waals surface area contributed by atoms with E-state index in [-0.39, 0.29) is 16.7 Å². The van der Waals surface area contributed by atoms with Crippen LogP contribution in [0.4, 0.5) is 5.69 Å². The van der Waals surface area contributed by atoms with Crippen molar-refractivity contribution in [3.05, 3.63) is 41.5 Å². The van der Waals surface area contributed by atoms with Gasteiger partial charge in [-0.25, -0.2) is 0 Å². The van der Waals surface area contributed by atoms with Gasteiger partial charge >= 0.3 is 0 Å². The lowest BCUT2D eigenvalue weighted by molar-refractivity contribution is -0.123. The Morgan fingerprint density at radius 3 is 2.62 bits per heavy atom. The maximum absolute atomic E-state index is 13.0. The molecule has 1 N–H and O–H groups in total. The van der Waals surface area contributed by atoms with E-state index in [4.69, 9.17) is 0 Å². The van der Waals surface area contributed by atoms with Gasteiger partial charge in [0.1, 0.15) is 0 Å². The summed E-state index contributed by atoms with van der Waals surface area (Å²) in [5, 5.41) is 3.17. The molecule has 0 aliphatic heterocycles. The number of aryl methyl sites for hydroxylation is 2. The Kier molecular flexibility index (Phi) is 3.05. The Bertz CT molecular complexity index is 628. The number of amides is 1. The fraction of sp³-hybridized carbons (Fsp3) is 0.526. The number of rotatable bonds is 2. The molecule has 0 spiro atoms. The van der Waals surface area contributed by atoms with Gasteiger partial charge in [-0.15, -0.1) is 0 Å². The molecule has 0 aromatic heterocycles. The Balaban J connectivity index is 1.88. The molecule has 2 nitrogen and oxygen atoms in total. The summed E-state index contributed by atoms with van der Waals surface area (Å²) in [6.45, 7) is 12.9. The topological polar surface area (TPSA) is 29.1 Å². The summed E-state index contributed by atoms with van der Waals surface area (Å²) in [5.74, 6) is 0.752. The zero-order valence-electron chi connectivity index (χ0n) is 13.5. The lowest BCUT2D eigenvalue weighted by Crippen LogP contribution is -2.37. The number of hydrogen-bond acceptors (Lipinski definition) is 1. The van der Waals surface area contributed by atoms with Crippen molar-refractivity contribution in [3.63, 3.8) is 0 Å². The molecule has 3 rings (SSSR count). The highest BCUT2D eigenvalue weighted by Gasteiger charge is 2.60. The molecule has 2 saturated carbocycles. The van der Waals surface area contributed by atoms with E-state index in [1.54, 1.807) is 0 Å². The lowest BCUT2D eigenvalue weighted by atomic mass is 9.68. The van der Waals surface area contributed by atoms with Crippen molar-refractivity contribution >= 4 is 11.6 Å². The van der Waals surface area contributed by atoms with Crippen LogP contribution in [-0.2, 0) is 4.79 Å². The van der Waals surface area contributed by atoms with Crippen molar-refractivity contribution < 1.29 is 4.79 Å². The van der Waals surface area contributed by atoms with Gasteiger partial charge in [-0.05, 0) is 56.1 Å². The highest BCUT2D eigenvalue weighted by molar-refractivity contribution is 5.99. The molecular weight excluding hydrogens is 258 g/mol. The zero-order valence-corrected chi connectivity index (χ0v) is 13.5. The lowest BCUT2D eigenvalue weighted by Gasteiger charge is -2.37. The number of nitrogens with one attached hydrogen (secondary N) is 1. The molecule has 2 atom stereocenters. The highest BCUT2D eigenvalue weighted by atomic mass is 16.2. The van der Waals surface area contributed by atoms with Crippen LogP contribution in [0.5, 0.6) is 0 Å². The first-order valence-electron chi connectivity index (χ1n) is 7.86. The molecule has 0 radical (unpaired) electrons. The van der Waals surface area contributed by atoms with E-state index in [9.17, 15) is 4.79 Å². The number of hydrogen-bond donors (Lipinski definition) is 1. The molecule has 2 fully saturated rings. The molecule has 2 bridgehead atoms. The third kappa shape index (κ3) is 1.96. The molecule has 2 heteroatoms. The molecule has 0 saturated heterocycles. The number of fused-ring (bicyclic) bond motifs is 2. The Labute approximate surface area is 127 Å². The molecule has 1 aromatic rings. The smallest absolute Gasteiger partial charge is 0.234 e. The van der Waals surface area contributed by atoms with Crippen LogP contribution in [0, 0.1) is 30.6 Å². The summed E-state index contributed by atoms with van der Waals surface area (Å²) in [6.07, 6.45) is 3.07. The normalized spacial score (nSPS) is 29.7. The Morgan fingerprint density at radius 2 is 2.05 bits per heavy atom. The van der Waals surface area contributed by atoms with Gasteiger partial charge in [-0.1, -0.05) is 43.7 Å². The monoisotopic (exact) mass is 283 g/mol. The van der Waals surface area contributed by atoms with E-state index in [2.05, 4.69) is 38.7 Å². The standard InChI is InChI=1S/C19H25NO/c1-12-6-7-16(13(2)10-12)20-17(21)19-9-8-15(11-19)18(4,5)14(19)3/h6-7,10,15H,3,8-9,11H2,1-2,4-5H3,(H,20,21). The number of carbonyl (C=O) groups excluding carboxylic acids is 1. The van der Waals surface area contributed by atoms with Gasteiger partial charge in [0.15, 0.2) is 0 Å². The van der Waals surface area contributed by atoms with Crippen LogP contribution in [0.15, 0.2) is 30.4 Å². The molecule has 112 valence electrons. The predicted molar refractivity (Wildman–Crippen MR) is 87.2 cm³/mol. The molecule has 1 amide bonds. The van der Waals surface area contributed by atoms with Crippen molar-refractivity contribution in [2.75, 3.05) is 5.32 Å². The second kappa shape index (κ2) is 4.46. The number of carbonyl (C=O) groups is 1. The van der Waals surface area contributed by atoms with Gasteiger partial charge in [0.05, 0.1) is 5.41 Å². The van der Waals surface area contributed by atoms with Crippen LogP contribution in [0.25, 0.3) is 0 Å². The van der Waals surface area contributed by atoms with Gasteiger partial charge in [-0.3, -0.25) is 4.79 Å². The first-order valence-corrected chi connectivity index (χ1v) is 7.86. The summed E-state index contributed by atoms with van der Waals surface area (Å²) in [5.41, 5.74) is 4.16. The summed E-state index contributed by atoms with van der Waals surface area (Å²) in [7, 11) is 0. The van der Waals surface area contributed by atoms with E-state index in [1.165, 1.54) is 5.56 Å². The van der Waals surface area contributed by atoms with Crippen molar-refractivity contribution in [1.29, 1.82) is 0 Å². The Hall–Kier alpha value is -1.57. The molecule has 2 aliphatic carbocycles. The summed E-state index contributed by atoms with van der Waals surface area (Å²) in [4.78, 5) is 13.0. The predicted octanol–water partition coefficient (Wildman–Crippen LogP) is 4.62. The van der Waals surface area contributed by atoms with E-state index in [1.807, 2.05) is 19.1 Å². The van der Waals surface area contributed by atoms with Gasteiger partial charge in [0, 0.05) is 5.69 Å². The van der Waals surface area contributed by atoms with Crippen molar-refractivity contribution in [2.45, 2.75) is 47.0 Å². The average Bonchev–Trinajstić information content (AvgIpc) is 2.93. The van der Waals surface area contributed by atoms with Gasteiger partial charge in [0.2, 0.25) is 5.91 Å². The van der Waals surface area contributed by atoms with Crippen LogP contribution < -0.4 is 5.32 Å². The van der Waals surface area contributed by atoms with E-state index in [0.717, 1.165) is 36.1 Å². The molecule has 2 aliphatic rings. The van der Waals surface area contributed by atoms with Crippen LogP contribution >= 0.6 is 0 Å². The summed E-state index contributed by atoms with van der Waals surface area (Å²) < 4.78 is 0. The van der Waals surface area contributed by atoms with Crippen molar-refractivity contribution in [3.8, 4) is 0 Å². The SMILES string of the molecule is C=C1C2(C(=O)Nc3ccc(C)cc3C)CCC(C2)C1(C)C. The van der Waals surface area contributed by atoms with E-state index in [0.29, 0.717) is 5.92 Å². The zero-order chi connectivity index (χ0) is 15.4. The van der Waals surface area contributed by atoms with Crippen LogP contribution in [0.2, 0.25) is 0 Å².